The van der Waals surface area contributed by atoms with Crippen molar-refractivity contribution in [2.24, 2.45) is 11.0 Å². The molecule has 1 aliphatic heterocycles. The van der Waals surface area contributed by atoms with Crippen molar-refractivity contribution < 1.29 is 0 Å². The molecule has 3 nitrogen and oxygen atoms in total. The Bertz CT molecular complexity index is 247. The number of likely N-dealkylation sites (tertiary alicyclic amines) is 1. The van der Waals surface area contributed by atoms with E-state index in [0.29, 0.717) is 12.0 Å². The molecule has 0 aromatic carbocycles. The van der Waals surface area contributed by atoms with Gasteiger partial charge in [-0.1, -0.05) is 13.5 Å². The summed E-state index contributed by atoms with van der Waals surface area (Å²) in [4.78, 5) is 2.39. The Hall–Kier alpha value is -0.830. The number of allylic oxidation sites excluding steroid dienone is 1. The van der Waals surface area contributed by atoms with Crippen molar-refractivity contribution in [2.45, 2.75) is 26.3 Å². The van der Waals surface area contributed by atoms with E-state index in [2.05, 4.69) is 42.6 Å². The van der Waals surface area contributed by atoms with Gasteiger partial charge in [-0.25, -0.2) is 0 Å². The van der Waals surface area contributed by atoms with Gasteiger partial charge in [-0.05, 0) is 38.4 Å². The molecule has 1 heterocycles. The fourth-order valence-electron chi connectivity index (χ4n) is 2.17. The molecular formula is C12H23N3. The van der Waals surface area contributed by atoms with E-state index < -0.39 is 0 Å². The molecule has 0 saturated carbocycles. The first-order chi connectivity index (χ1) is 7.00. The van der Waals surface area contributed by atoms with E-state index in [1.165, 1.54) is 13.0 Å². The fourth-order valence-corrected chi connectivity index (χ4v) is 2.17. The third-order valence-corrected chi connectivity index (χ3v) is 3.00. The summed E-state index contributed by atoms with van der Waals surface area (Å²) in [6, 6.07) is 0.566. The molecule has 86 valence electrons. The lowest BCUT2D eigenvalue weighted by Crippen LogP contribution is -2.46. The van der Waals surface area contributed by atoms with Crippen LogP contribution < -0.4 is 0 Å². The van der Waals surface area contributed by atoms with Crippen LogP contribution in [0, 0.1) is 5.92 Å². The van der Waals surface area contributed by atoms with E-state index in [4.69, 9.17) is 0 Å². The van der Waals surface area contributed by atoms with E-state index in [9.17, 15) is 0 Å². The predicted molar refractivity (Wildman–Crippen MR) is 66.1 cm³/mol. The van der Waals surface area contributed by atoms with E-state index in [-0.39, 0.29) is 0 Å². The normalized spacial score (nSPS) is 28.3. The molecule has 0 aliphatic carbocycles. The molecule has 2 unspecified atom stereocenters. The average molecular weight is 209 g/mol. The smallest absolute Gasteiger partial charge is 0.0517 e. The maximum absolute atomic E-state index is 4.41. The summed E-state index contributed by atoms with van der Waals surface area (Å²) in [6.07, 6.45) is 3.03. The molecule has 1 fully saturated rings. The molecule has 0 aromatic heterocycles. The van der Waals surface area contributed by atoms with Crippen molar-refractivity contribution in [2.75, 3.05) is 27.2 Å². The summed E-state index contributed by atoms with van der Waals surface area (Å²) >= 11 is 0. The number of hydrazone groups is 1. The van der Waals surface area contributed by atoms with E-state index >= 15 is 0 Å². The van der Waals surface area contributed by atoms with Gasteiger partial charge >= 0.3 is 0 Å². The number of piperidine rings is 1. The minimum Gasteiger partial charge on any atom is -0.306 e. The molecule has 0 spiro atoms. The van der Waals surface area contributed by atoms with Gasteiger partial charge in [-0.2, -0.15) is 5.10 Å². The quantitative estimate of drug-likeness (QED) is 0.521. The van der Waals surface area contributed by atoms with Gasteiger partial charge in [0.2, 0.25) is 0 Å². The Morgan fingerprint density at radius 2 is 2.27 bits per heavy atom. The van der Waals surface area contributed by atoms with E-state index in [0.717, 1.165) is 12.1 Å². The van der Waals surface area contributed by atoms with Gasteiger partial charge in [0.15, 0.2) is 0 Å². The molecule has 15 heavy (non-hydrogen) atoms. The zero-order valence-corrected chi connectivity index (χ0v) is 10.4. The van der Waals surface area contributed by atoms with Crippen molar-refractivity contribution in [3.05, 3.63) is 12.2 Å². The zero-order valence-electron chi connectivity index (χ0n) is 10.4. The van der Waals surface area contributed by atoms with Crippen LogP contribution in [0.15, 0.2) is 17.3 Å². The summed E-state index contributed by atoms with van der Waals surface area (Å²) in [5, 5.41) is 6.50. The average Bonchev–Trinajstić information content (AvgIpc) is 2.14. The van der Waals surface area contributed by atoms with Crippen LogP contribution in [0.4, 0.5) is 0 Å². The highest BCUT2D eigenvalue weighted by atomic mass is 15.5. The van der Waals surface area contributed by atoms with Crippen molar-refractivity contribution in [1.82, 2.24) is 9.91 Å². The number of rotatable bonds is 3. The predicted octanol–water partition coefficient (Wildman–Crippen LogP) is 1.82. The van der Waals surface area contributed by atoms with Gasteiger partial charge in [0.05, 0.1) is 6.04 Å². The van der Waals surface area contributed by atoms with Crippen molar-refractivity contribution >= 4 is 6.21 Å². The van der Waals surface area contributed by atoms with Crippen molar-refractivity contribution in [3.63, 3.8) is 0 Å². The molecular weight excluding hydrogens is 186 g/mol. The minimum atomic E-state index is 0.566. The minimum absolute atomic E-state index is 0.566. The molecule has 1 rings (SSSR count). The third kappa shape index (κ3) is 3.67. The van der Waals surface area contributed by atoms with Crippen molar-refractivity contribution in [1.29, 1.82) is 0 Å². The maximum atomic E-state index is 4.41. The molecule has 3 heteroatoms. The van der Waals surface area contributed by atoms with Crippen LogP contribution >= 0.6 is 0 Å². The number of hydrogen-bond acceptors (Lipinski definition) is 3. The van der Waals surface area contributed by atoms with Gasteiger partial charge in [-0.15, -0.1) is 0 Å². The molecule has 0 aromatic rings. The molecule has 0 N–H and O–H groups in total. The Balaban J connectivity index is 2.52. The summed E-state index contributed by atoms with van der Waals surface area (Å²) in [7, 11) is 4.25. The highest BCUT2D eigenvalue weighted by molar-refractivity contribution is 5.76. The standard InChI is InChI=1S/C12H23N3/c1-10(2)8-13-15(5)12-6-7-14(4)9-11(12)3/h8,11-12H,1,6-7,9H2,2-5H3. The summed E-state index contributed by atoms with van der Waals surface area (Å²) in [5.74, 6) is 0.677. The van der Waals surface area contributed by atoms with Crippen LogP contribution in [0.2, 0.25) is 0 Å². The first kappa shape index (κ1) is 12.2. The first-order valence-electron chi connectivity index (χ1n) is 5.61. The van der Waals surface area contributed by atoms with Crippen LogP contribution in [0.1, 0.15) is 20.3 Å². The largest absolute Gasteiger partial charge is 0.306 e. The summed E-state index contributed by atoms with van der Waals surface area (Å²) < 4.78 is 0. The highest BCUT2D eigenvalue weighted by Crippen LogP contribution is 2.20. The summed E-state index contributed by atoms with van der Waals surface area (Å²) in [6.45, 7) is 10.4. The van der Waals surface area contributed by atoms with Crippen molar-refractivity contribution in [3.8, 4) is 0 Å². The Morgan fingerprint density at radius 3 is 2.80 bits per heavy atom. The second kappa shape index (κ2) is 5.31. The van der Waals surface area contributed by atoms with Gasteiger partial charge in [0.25, 0.3) is 0 Å². The third-order valence-electron chi connectivity index (χ3n) is 3.00. The Morgan fingerprint density at radius 1 is 1.60 bits per heavy atom. The van der Waals surface area contributed by atoms with Crippen LogP contribution in [-0.2, 0) is 0 Å². The lowest BCUT2D eigenvalue weighted by Gasteiger charge is -2.38. The Labute approximate surface area is 93.4 Å². The van der Waals surface area contributed by atoms with E-state index in [1.54, 1.807) is 0 Å². The van der Waals surface area contributed by atoms with Gasteiger partial charge in [0.1, 0.15) is 0 Å². The lowest BCUT2D eigenvalue weighted by atomic mass is 9.94. The molecule has 0 bridgehead atoms. The van der Waals surface area contributed by atoms with Crippen LogP contribution in [0.5, 0.6) is 0 Å². The second-order valence-corrected chi connectivity index (χ2v) is 4.76. The SMILES string of the molecule is C=C(C)C=NN(C)C1CCN(C)CC1C. The number of hydrogen-bond donors (Lipinski definition) is 0. The molecule has 1 saturated heterocycles. The van der Waals surface area contributed by atoms with E-state index in [1.807, 2.05) is 13.1 Å². The Kier molecular flexibility index (Phi) is 4.33. The monoisotopic (exact) mass is 209 g/mol. The second-order valence-electron chi connectivity index (χ2n) is 4.76. The van der Waals surface area contributed by atoms with Gasteiger partial charge in [-0.3, -0.25) is 5.01 Å². The molecule has 2 atom stereocenters. The van der Waals surface area contributed by atoms with Crippen LogP contribution in [-0.4, -0.2) is 49.4 Å². The fraction of sp³-hybridized carbons (Fsp3) is 0.750. The van der Waals surface area contributed by atoms with Crippen LogP contribution in [0.25, 0.3) is 0 Å². The number of nitrogens with zero attached hydrogens (tertiary/aromatic N) is 3. The molecule has 1 aliphatic rings. The molecule has 0 radical (unpaired) electrons. The highest BCUT2D eigenvalue weighted by Gasteiger charge is 2.26. The topological polar surface area (TPSA) is 18.8 Å². The maximum Gasteiger partial charge on any atom is 0.0517 e. The zero-order chi connectivity index (χ0) is 11.4. The van der Waals surface area contributed by atoms with Gasteiger partial charge in [0, 0.05) is 19.8 Å². The summed E-state index contributed by atoms with van der Waals surface area (Å²) in [5.41, 5.74) is 1.00. The lowest BCUT2D eigenvalue weighted by molar-refractivity contribution is 0.0969. The first-order valence-corrected chi connectivity index (χ1v) is 5.61. The molecule has 0 amide bonds. The van der Waals surface area contributed by atoms with Crippen LogP contribution in [0.3, 0.4) is 0 Å². The van der Waals surface area contributed by atoms with Gasteiger partial charge < -0.3 is 4.90 Å².